The third-order valence-corrected chi connectivity index (χ3v) is 26.8. The van der Waals surface area contributed by atoms with Crippen molar-refractivity contribution in [2.24, 2.45) is 28.5 Å². The number of hydrogen-bond acceptors (Lipinski definition) is 26. The molecule has 6 fully saturated rings. The minimum atomic E-state index is -3.70. The second-order valence-electron chi connectivity index (χ2n) is 32.2. The molecule has 3 atom stereocenters. The van der Waals surface area contributed by atoms with Gasteiger partial charge >= 0.3 is 0 Å². The molecule has 4 aromatic carbocycles. The molecule has 676 valence electrons. The molecular weight excluding hydrogens is 1790 g/mol. The van der Waals surface area contributed by atoms with E-state index in [-0.39, 0.29) is 114 Å². The average Bonchev–Trinajstić information content (AvgIpc) is 1.61. The summed E-state index contributed by atoms with van der Waals surface area (Å²) in [6, 6.07) is 20.6. The van der Waals surface area contributed by atoms with Gasteiger partial charge in [-0.2, -0.15) is 0 Å². The summed E-state index contributed by atoms with van der Waals surface area (Å²) in [7, 11) is -14.4. The van der Waals surface area contributed by atoms with E-state index in [2.05, 4.69) is 45.9 Å². The molecule has 0 radical (unpaired) electrons. The lowest BCUT2D eigenvalue weighted by molar-refractivity contribution is -0.120. The Balaban J connectivity index is 0.000000138. The molecule has 0 bridgehead atoms. The van der Waals surface area contributed by atoms with Crippen molar-refractivity contribution >= 4 is 176 Å². The van der Waals surface area contributed by atoms with Crippen LogP contribution in [-0.4, -0.2) is 150 Å². The molecule has 7 aliphatic rings. The predicted molar refractivity (Wildman–Crippen MR) is 476 cm³/mol. The predicted octanol–water partition coefficient (Wildman–Crippen LogP) is 16.6. The molecular formula is C86H95Cl3F4N16O14S4. The standard InChI is InChI=1S/C24H27FN4O4S.C20H20FN3O3S.C19H20ClFN4O3S.C12H13Cl2N3O.C7H8FNO2S.C4H7NO/c1-14-26-23-19(28-18-9-8-16(25)11-21(18)34(2,31)32)12-17(13-20(30)15-6-7-15)27-24(23)29(14)22-5-3-4-10-33-22;1-11-7-16-20(22-11)17(9-14(23-16)10-18(25)12-3-4-12)24-15-6-5-13(21)8-19(15)28(2,26)27;1-11-22-18-14(23-13-7-6-12(21)9-15(13)29(2,26)27)10-16(20)24-19(18)25(11)17-5-3-4-8-28-17;1-7-15-11-8(13)6-9(14)16-12(11)17(7)10-4-2-3-5-18-10;1-12(10,11)7-4-5(8)2-3-6(7)9;5-4(6)3-1-2-3/h8-9,11-12,15,22H,3-7,10,13H2,1-2H3,(H,27,28);5-6,8-9,12H,3-4,7,10H2,1-2H3,(H,23,24);6-7,9-10,17H,3-5,8H2,1-2H3,(H,23,24);6,10H,2-5H2,1H3;2-4H,9H2,1H3;3H,1-2H2,(H2,5,6). The summed E-state index contributed by atoms with van der Waals surface area (Å²) in [6.07, 6.45) is 19.4. The highest BCUT2D eigenvalue weighted by Gasteiger charge is 2.35. The lowest BCUT2D eigenvalue weighted by atomic mass is 10.1. The number of Topliss-reactive ketones (excluding diaryl/α,β-unsaturated/α-hetero) is 2. The first-order chi connectivity index (χ1) is 60.0. The Morgan fingerprint density at radius 2 is 0.780 bits per heavy atom. The highest BCUT2D eigenvalue weighted by atomic mass is 35.5. The van der Waals surface area contributed by atoms with Crippen molar-refractivity contribution in [1.82, 2.24) is 48.6 Å². The number of carbonyl (C=O) groups is 3. The van der Waals surface area contributed by atoms with Gasteiger partial charge in [-0.05, 0) is 215 Å². The van der Waals surface area contributed by atoms with E-state index in [0.717, 1.165) is 176 Å². The van der Waals surface area contributed by atoms with Crippen molar-refractivity contribution in [3.63, 3.8) is 0 Å². The lowest BCUT2D eigenvalue weighted by Crippen LogP contribution is -2.19. The zero-order chi connectivity index (χ0) is 91.5. The minimum absolute atomic E-state index is 0.00853. The smallest absolute Gasteiger partial charge is 0.220 e. The molecule has 11 heterocycles. The zero-order valence-corrected chi connectivity index (χ0v) is 76.2. The monoisotopic (exact) mass is 1880 g/mol. The molecule has 0 spiro atoms. The highest BCUT2D eigenvalue weighted by molar-refractivity contribution is 7.91. The number of carbonyl (C=O) groups excluding carboxylic acids is 3. The van der Waals surface area contributed by atoms with Crippen molar-refractivity contribution in [3.05, 3.63) is 170 Å². The van der Waals surface area contributed by atoms with Crippen LogP contribution in [0.2, 0.25) is 15.3 Å². The van der Waals surface area contributed by atoms with Gasteiger partial charge in [0.2, 0.25) is 5.91 Å². The van der Waals surface area contributed by atoms with E-state index in [1.54, 1.807) is 24.3 Å². The molecule has 1 amide bonds. The van der Waals surface area contributed by atoms with E-state index in [4.69, 9.17) is 70.4 Å². The Morgan fingerprint density at radius 3 is 1.16 bits per heavy atom. The maximum Gasteiger partial charge on any atom is 0.220 e. The summed E-state index contributed by atoms with van der Waals surface area (Å²) < 4.78 is 172. The summed E-state index contributed by atoms with van der Waals surface area (Å²) in [5.74, 6) is 0.432. The van der Waals surface area contributed by atoms with Crippen molar-refractivity contribution in [3.8, 4) is 0 Å². The molecule has 18 rings (SSSR count). The van der Waals surface area contributed by atoms with E-state index in [0.29, 0.717) is 109 Å². The molecule has 7 N–H and O–H groups in total. The number of aliphatic imine (C=N–C) groups is 1. The number of nitrogens with two attached hydrogens (primary N) is 2. The molecule has 30 nitrogen and oxygen atoms in total. The zero-order valence-electron chi connectivity index (χ0n) is 70.6. The van der Waals surface area contributed by atoms with Gasteiger partial charge in [-0.1, -0.05) is 34.8 Å². The Kier molecular flexibility index (Phi) is 29.3. The van der Waals surface area contributed by atoms with Gasteiger partial charge in [0.15, 0.2) is 56.3 Å². The summed E-state index contributed by atoms with van der Waals surface area (Å²) in [6.45, 7) is 9.66. The molecule has 127 heavy (non-hydrogen) atoms. The summed E-state index contributed by atoms with van der Waals surface area (Å²) in [5.41, 5.74) is 19.6. The molecule has 7 aromatic heterocycles. The fraction of sp³-hybridized carbons (Fsp3) is 0.407. The number of fused-ring (bicyclic) bond motifs is 4. The van der Waals surface area contributed by atoms with Crippen LogP contribution in [0.1, 0.15) is 156 Å². The van der Waals surface area contributed by atoms with Crippen LogP contribution >= 0.6 is 34.8 Å². The number of amides is 1. The number of ether oxygens (including phenoxy) is 3. The molecule has 3 unspecified atom stereocenters. The number of sulfone groups is 4. The number of primary amides is 1. The second kappa shape index (κ2) is 39.4. The number of nitrogens with zero attached hydrogens (tertiary/aromatic N) is 11. The van der Waals surface area contributed by atoms with E-state index in [9.17, 15) is 65.6 Å². The number of hydrogen-bond donors (Lipinski definition) is 5. The molecule has 3 saturated heterocycles. The second-order valence-corrected chi connectivity index (χ2v) is 41.3. The topological polar surface area (TPSA) is 421 Å². The Labute approximate surface area is 746 Å². The number of nitrogens with one attached hydrogen (secondary N) is 3. The van der Waals surface area contributed by atoms with Crippen molar-refractivity contribution < 1.29 is 79.8 Å². The van der Waals surface area contributed by atoms with Crippen LogP contribution in [0.15, 0.2) is 122 Å². The quantitative estimate of drug-likeness (QED) is 0.0269. The average molecular weight is 1890 g/mol. The van der Waals surface area contributed by atoms with Crippen LogP contribution in [0.3, 0.4) is 0 Å². The maximum atomic E-state index is 13.9. The van der Waals surface area contributed by atoms with Gasteiger partial charge in [-0.15, -0.1) is 0 Å². The van der Waals surface area contributed by atoms with Crippen LogP contribution in [0, 0.1) is 61.8 Å². The first-order valence-electron chi connectivity index (χ1n) is 41.0. The highest BCUT2D eigenvalue weighted by Crippen LogP contribution is 2.43. The van der Waals surface area contributed by atoms with E-state index in [1.165, 1.54) is 42.5 Å². The Bertz CT molecular complexity index is 6610. The van der Waals surface area contributed by atoms with Crippen molar-refractivity contribution in [1.29, 1.82) is 0 Å². The minimum Gasteiger partial charge on any atom is -0.398 e. The molecule has 3 saturated carbocycles. The molecule has 11 aromatic rings. The number of imidazole rings is 3. The fourth-order valence-corrected chi connectivity index (χ4v) is 19.0. The molecule has 41 heteroatoms. The van der Waals surface area contributed by atoms with E-state index < -0.39 is 62.6 Å². The van der Waals surface area contributed by atoms with Gasteiger partial charge in [0.25, 0.3) is 0 Å². The summed E-state index contributed by atoms with van der Waals surface area (Å²) in [5, 5.41) is 10.4. The number of ketones is 2. The third-order valence-electron chi connectivity index (χ3n) is 21.6. The number of halogens is 7. The maximum absolute atomic E-state index is 13.9. The van der Waals surface area contributed by atoms with Crippen LogP contribution in [-0.2, 0) is 87.2 Å². The van der Waals surface area contributed by atoms with Crippen LogP contribution in [0.5, 0.6) is 0 Å². The lowest BCUT2D eigenvalue weighted by Gasteiger charge is -2.25. The normalized spacial score (nSPS) is 17.5. The number of aryl methyl sites for hydroxylation is 3. The van der Waals surface area contributed by atoms with Gasteiger partial charge < -0.3 is 41.6 Å². The SMILES string of the molecule is CC1=Nc2c(Nc3ccc(F)cc3S(C)(=O)=O)cc(CC(=O)C3CC3)nc2C1.CS(=O)(=O)c1cc(F)ccc1N.Cc1nc2c(Cl)cc(Cl)nc2n1C1CCCCO1.Cc1nc2c(Nc3ccc(F)cc3S(C)(=O)=O)cc(CC(=O)C3CC3)nc2n1C1CCCCO1.Cc1nc2c(Nc3ccc(F)cc3S(C)(=O)=O)cc(Cl)nc2n1C1CCCCO1.NC(=O)C1CC1. The van der Waals surface area contributed by atoms with Crippen molar-refractivity contribution in [2.45, 2.75) is 182 Å². The van der Waals surface area contributed by atoms with Crippen LogP contribution < -0.4 is 27.4 Å². The van der Waals surface area contributed by atoms with Gasteiger partial charge in [-0.25, -0.2) is 81.1 Å². The van der Waals surface area contributed by atoms with Crippen LogP contribution in [0.4, 0.5) is 63.1 Å². The van der Waals surface area contributed by atoms with E-state index >= 15 is 0 Å². The molecule has 3 aliphatic carbocycles. The number of benzene rings is 4. The fourth-order valence-electron chi connectivity index (χ4n) is 14.9. The van der Waals surface area contributed by atoms with Gasteiger partial charge in [0.05, 0.1) is 81.5 Å². The number of nitrogen functional groups attached to an aromatic ring is 1. The van der Waals surface area contributed by atoms with Gasteiger partial charge in [0.1, 0.15) is 104 Å². The number of anilines is 7. The summed E-state index contributed by atoms with van der Waals surface area (Å²) in [4.78, 5) is 70.6. The van der Waals surface area contributed by atoms with E-state index in [1.807, 2.05) is 41.4 Å². The van der Waals surface area contributed by atoms with Gasteiger partial charge in [-0.3, -0.25) is 38.1 Å². The Morgan fingerprint density at radius 1 is 0.425 bits per heavy atom. The molecule has 4 aliphatic heterocycles. The van der Waals surface area contributed by atoms with Gasteiger partial charge in [0, 0.05) is 93.6 Å². The first kappa shape index (κ1) is 94.5. The Hall–Kier alpha value is -10.2. The van der Waals surface area contributed by atoms with Crippen molar-refractivity contribution in [2.75, 3.05) is 66.5 Å². The largest absolute Gasteiger partial charge is 0.398 e. The number of rotatable bonds is 20. The third kappa shape index (κ3) is 23.9. The number of pyridine rings is 4. The first-order valence-corrected chi connectivity index (χ1v) is 49.7. The number of aromatic nitrogens is 10. The van der Waals surface area contributed by atoms with Crippen LogP contribution in [0.25, 0.3) is 33.5 Å². The summed E-state index contributed by atoms with van der Waals surface area (Å²) >= 11 is 18.4.